The van der Waals surface area contributed by atoms with Gasteiger partial charge < -0.3 is 4.90 Å². The van der Waals surface area contributed by atoms with Gasteiger partial charge in [-0.05, 0) is 36.1 Å². The highest BCUT2D eigenvalue weighted by atomic mass is 35.5. The molecule has 0 saturated carbocycles. The highest BCUT2D eigenvalue weighted by Gasteiger charge is 2.21. The minimum atomic E-state index is -0.292. The lowest BCUT2D eigenvalue weighted by Gasteiger charge is -2.22. The lowest BCUT2D eigenvalue weighted by atomic mass is 10.00. The molecular formula is C18H16ClFN2S. The SMILES string of the molecule is CCSC1=CN=C(c2ccccc2F)c2cc(Cl)ccc2N1C. The van der Waals surface area contributed by atoms with Crippen molar-refractivity contribution < 1.29 is 4.39 Å². The molecule has 0 spiro atoms. The summed E-state index contributed by atoms with van der Waals surface area (Å²) in [5.74, 6) is 0.642. The molecule has 0 radical (unpaired) electrons. The first-order valence-corrected chi connectivity index (χ1v) is 8.67. The third-order valence-corrected chi connectivity index (χ3v) is 4.83. The first kappa shape index (κ1) is 16.1. The third-order valence-electron chi connectivity index (χ3n) is 3.63. The van der Waals surface area contributed by atoms with E-state index in [1.54, 1.807) is 30.1 Å². The molecular weight excluding hydrogens is 331 g/mol. The van der Waals surface area contributed by atoms with Crippen LogP contribution in [-0.4, -0.2) is 18.5 Å². The van der Waals surface area contributed by atoms with Gasteiger partial charge in [0, 0.05) is 23.2 Å². The van der Waals surface area contributed by atoms with Gasteiger partial charge in [-0.25, -0.2) is 4.39 Å². The van der Waals surface area contributed by atoms with Gasteiger partial charge in [0.15, 0.2) is 0 Å². The number of fused-ring (bicyclic) bond motifs is 1. The summed E-state index contributed by atoms with van der Waals surface area (Å²) in [5, 5.41) is 1.62. The van der Waals surface area contributed by atoms with Crippen LogP contribution in [0, 0.1) is 5.82 Å². The van der Waals surface area contributed by atoms with Gasteiger partial charge in [0.2, 0.25) is 0 Å². The molecule has 2 aromatic rings. The van der Waals surface area contributed by atoms with Crippen molar-refractivity contribution in [2.45, 2.75) is 6.92 Å². The van der Waals surface area contributed by atoms with Gasteiger partial charge in [0.25, 0.3) is 0 Å². The second kappa shape index (κ2) is 6.77. The van der Waals surface area contributed by atoms with Crippen molar-refractivity contribution in [1.82, 2.24) is 0 Å². The van der Waals surface area contributed by atoms with Crippen LogP contribution in [0.3, 0.4) is 0 Å². The molecule has 0 aliphatic carbocycles. The van der Waals surface area contributed by atoms with Crippen LogP contribution < -0.4 is 4.90 Å². The molecule has 118 valence electrons. The summed E-state index contributed by atoms with van der Waals surface area (Å²) in [4.78, 5) is 6.65. The highest BCUT2D eigenvalue weighted by molar-refractivity contribution is 8.03. The fraction of sp³-hybridized carbons (Fsp3) is 0.167. The van der Waals surface area contributed by atoms with Gasteiger partial charge in [-0.15, -0.1) is 11.8 Å². The van der Waals surface area contributed by atoms with E-state index in [2.05, 4.69) is 16.8 Å². The zero-order valence-corrected chi connectivity index (χ0v) is 14.5. The molecule has 5 heteroatoms. The van der Waals surface area contributed by atoms with Gasteiger partial charge in [-0.1, -0.05) is 30.7 Å². The lowest BCUT2D eigenvalue weighted by molar-refractivity contribution is 0.625. The van der Waals surface area contributed by atoms with E-state index in [9.17, 15) is 4.39 Å². The van der Waals surface area contributed by atoms with E-state index in [0.717, 1.165) is 22.0 Å². The normalized spacial score (nSPS) is 14.0. The van der Waals surface area contributed by atoms with Crippen molar-refractivity contribution in [2.24, 2.45) is 4.99 Å². The topological polar surface area (TPSA) is 15.6 Å². The summed E-state index contributed by atoms with van der Waals surface area (Å²) in [6, 6.07) is 12.3. The van der Waals surface area contributed by atoms with Crippen molar-refractivity contribution in [2.75, 3.05) is 17.7 Å². The van der Waals surface area contributed by atoms with Gasteiger partial charge in [0.05, 0.1) is 22.6 Å². The Hall–Kier alpha value is -1.78. The number of hydrogen-bond acceptors (Lipinski definition) is 3. The first-order chi connectivity index (χ1) is 11.1. The zero-order valence-electron chi connectivity index (χ0n) is 12.9. The van der Waals surface area contributed by atoms with E-state index in [4.69, 9.17) is 11.6 Å². The van der Waals surface area contributed by atoms with Crippen molar-refractivity contribution in [3.63, 3.8) is 0 Å². The minimum Gasteiger partial charge on any atom is -0.338 e. The second-order valence-electron chi connectivity index (χ2n) is 5.08. The number of nitrogens with zero attached hydrogens (tertiary/aromatic N) is 2. The number of anilines is 1. The fourth-order valence-electron chi connectivity index (χ4n) is 2.53. The molecule has 3 rings (SSSR count). The quantitative estimate of drug-likeness (QED) is 0.747. The molecule has 0 saturated heterocycles. The molecule has 0 N–H and O–H groups in total. The van der Waals surface area contributed by atoms with E-state index >= 15 is 0 Å². The Bertz CT molecular complexity index is 801. The van der Waals surface area contributed by atoms with Gasteiger partial charge in [-0.3, -0.25) is 4.99 Å². The van der Waals surface area contributed by atoms with Crippen LogP contribution in [0.2, 0.25) is 5.02 Å². The van der Waals surface area contributed by atoms with E-state index in [1.807, 2.05) is 31.3 Å². The van der Waals surface area contributed by atoms with Gasteiger partial charge >= 0.3 is 0 Å². The average molecular weight is 347 g/mol. The van der Waals surface area contributed by atoms with Crippen molar-refractivity contribution in [3.05, 3.63) is 75.7 Å². The molecule has 1 aliphatic heterocycles. The molecule has 2 nitrogen and oxygen atoms in total. The first-order valence-electron chi connectivity index (χ1n) is 7.31. The fourth-order valence-corrected chi connectivity index (χ4v) is 3.42. The molecule has 0 bridgehead atoms. The molecule has 0 atom stereocenters. The molecule has 0 aromatic heterocycles. The monoisotopic (exact) mass is 346 g/mol. The highest BCUT2D eigenvalue weighted by Crippen LogP contribution is 2.34. The predicted molar refractivity (Wildman–Crippen MR) is 98.1 cm³/mol. The Labute approximate surface area is 144 Å². The van der Waals surface area contributed by atoms with Crippen molar-refractivity contribution in [3.8, 4) is 0 Å². The van der Waals surface area contributed by atoms with Crippen LogP contribution in [0.15, 0.2) is 58.7 Å². The summed E-state index contributed by atoms with van der Waals surface area (Å²) in [5.41, 5.74) is 2.86. The third kappa shape index (κ3) is 3.14. The molecule has 1 heterocycles. The summed E-state index contributed by atoms with van der Waals surface area (Å²) in [6.45, 7) is 2.09. The average Bonchev–Trinajstić information content (AvgIpc) is 2.67. The molecule has 0 amide bonds. The van der Waals surface area contributed by atoms with Crippen molar-refractivity contribution in [1.29, 1.82) is 0 Å². The molecule has 0 unspecified atom stereocenters. The number of aliphatic imine (C=N–C) groups is 1. The van der Waals surface area contributed by atoms with Crippen LogP contribution in [0.5, 0.6) is 0 Å². The smallest absolute Gasteiger partial charge is 0.132 e. The summed E-state index contributed by atoms with van der Waals surface area (Å²) in [6.07, 6.45) is 1.80. The maximum atomic E-state index is 14.3. The Morgan fingerprint density at radius 1 is 1.17 bits per heavy atom. The number of thioether (sulfide) groups is 1. The number of benzene rings is 2. The Morgan fingerprint density at radius 3 is 2.70 bits per heavy atom. The van der Waals surface area contributed by atoms with E-state index in [1.165, 1.54) is 6.07 Å². The number of halogens is 2. The summed E-state index contributed by atoms with van der Waals surface area (Å²) >= 11 is 7.87. The molecule has 0 fully saturated rings. The maximum absolute atomic E-state index is 14.3. The van der Waals surface area contributed by atoms with Crippen LogP contribution in [0.25, 0.3) is 0 Å². The minimum absolute atomic E-state index is 0.292. The Morgan fingerprint density at radius 2 is 1.96 bits per heavy atom. The molecule has 1 aliphatic rings. The van der Waals surface area contributed by atoms with E-state index in [-0.39, 0.29) is 5.82 Å². The summed E-state index contributed by atoms with van der Waals surface area (Å²) < 4.78 is 14.3. The van der Waals surface area contributed by atoms with Crippen LogP contribution >= 0.6 is 23.4 Å². The standard InChI is InChI=1S/C18H16ClFN2S/c1-3-23-17-11-21-18(13-6-4-5-7-15(13)20)14-10-12(19)8-9-16(14)22(17)2/h4-11H,3H2,1-2H3. The maximum Gasteiger partial charge on any atom is 0.132 e. The number of hydrogen-bond donors (Lipinski definition) is 0. The van der Waals surface area contributed by atoms with Gasteiger partial charge in [0.1, 0.15) is 5.82 Å². The lowest BCUT2D eigenvalue weighted by Crippen LogP contribution is -2.17. The zero-order chi connectivity index (χ0) is 16.4. The molecule has 2 aromatic carbocycles. The predicted octanol–water partition coefficient (Wildman–Crippen LogP) is 5.32. The van der Waals surface area contributed by atoms with Crippen LogP contribution in [0.4, 0.5) is 10.1 Å². The summed E-state index contributed by atoms with van der Waals surface area (Å²) in [7, 11) is 1.99. The van der Waals surface area contributed by atoms with Crippen LogP contribution in [-0.2, 0) is 0 Å². The van der Waals surface area contributed by atoms with Crippen molar-refractivity contribution >= 4 is 34.8 Å². The van der Waals surface area contributed by atoms with E-state index in [0.29, 0.717) is 16.3 Å². The number of rotatable bonds is 3. The second-order valence-corrected chi connectivity index (χ2v) is 6.80. The molecule has 23 heavy (non-hydrogen) atoms. The van der Waals surface area contributed by atoms with Crippen LogP contribution in [0.1, 0.15) is 18.1 Å². The Kier molecular flexibility index (Phi) is 4.74. The van der Waals surface area contributed by atoms with Gasteiger partial charge in [-0.2, -0.15) is 0 Å². The Balaban J connectivity index is 2.23. The van der Waals surface area contributed by atoms with E-state index < -0.39 is 0 Å². The largest absolute Gasteiger partial charge is 0.338 e.